The van der Waals surface area contributed by atoms with Crippen LogP contribution in [0.5, 0.6) is 5.75 Å². The van der Waals surface area contributed by atoms with E-state index in [1.807, 2.05) is 0 Å². The largest absolute Gasteiger partial charge is 0.480 e. The van der Waals surface area contributed by atoms with E-state index in [1.54, 1.807) is 5.48 Å². The third-order valence-electron chi connectivity index (χ3n) is 4.31. The molecule has 2 rings (SSSR count). The molecule has 0 bridgehead atoms. The van der Waals surface area contributed by atoms with Crippen molar-refractivity contribution in [1.82, 2.24) is 10.8 Å². The van der Waals surface area contributed by atoms with Crippen LogP contribution >= 0.6 is 11.6 Å². The molecular formula is C18H20ClF3N4O5. The van der Waals surface area contributed by atoms with Crippen LogP contribution in [0.2, 0.25) is 5.02 Å². The highest BCUT2D eigenvalue weighted by Gasteiger charge is 2.48. The van der Waals surface area contributed by atoms with Crippen molar-refractivity contribution in [3.63, 3.8) is 0 Å². The van der Waals surface area contributed by atoms with Crippen molar-refractivity contribution in [1.29, 1.82) is 0 Å². The molecule has 1 heterocycles. The van der Waals surface area contributed by atoms with E-state index in [1.165, 1.54) is 19.1 Å². The molecule has 1 aromatic rings. The maximum Gasteiger partial charge on any atom is 0.429 e. The molecular weight excluding hydrogens is 445 g/mol. The van der Waals surface area contributed by atoms with Gasteiger partial charge >= 0.3 is 12.1 Å². The first-order valence-corrected chi connectivity index (χ1v) is 9.30. The number of aryl methyl sites for hydroxylation is 1. The Hall–Kier alpha value is -2.99. The highest BCUT2D eigenvalue weighted by Crippen LogP contribution is 2.40. The molecule has 13 heteroatoms. The predicted molar refractivity (Wildman–Crippen MR) is 105 cm³/mol. The summed E-state index contributed by atoms with van der Waals surface area (Å²) in [5.41, 5.74) is 6.53. The number of amides is 1. The fourth-order valence-corrected chi connectivity index (χ4v) is 3.19. The van der Waals surface area contributed by atoms with Crippen LogP contribution in [0, 0.1) is 6.92 Å². The van der Waals surface area contributed by atoms with Gasteiger partial charge < -0.3 is 20.9 Å². The van der Waals surface area contributed by atoms with E-state index >= 15 is 0 Å². The Bertz CT molecular complexity index is 920. The number of nitrogens with one attached hydrogen (secondary N) is 2. The number of aliphatic imine (C=N–C) groups is 1. The summed E-state index contributed by atoms with van der Waals surface area (Å²) in [5.74, 6) is -3.03. The second-order valence-corrected chi connectivity index (χ2v) is 7.10. The summed E-state index contributed by atoms with van der Waals surface area (Å²) in [4.78, 5) is 27.7. The summed E-state index contributed by atoms with van der Waals surface area (Å²) in [6.45, 7) is 1.53. The maximum atomic E-state index is 13.6. The number of ether oxygens (including phenoxy) is 1. The van der Waals surface area contributed by atoms with Crippen LogP contribution in [0.15, 0.2) is 22.7 Å². The number of alkyl halides is 3. The SMILES string of the molecule is Cc1cc(Cl)cc2c1O[C@H](C(F)(F)F)C(C(=O)N[C@@H](CCCN=C(N)NO)C(=O)O)=C2. The summed E-state index contributed by atoms with van der Waals surface area (Å²) in [7, 11) is 0. The number of hydrogen-bond acceptors (Lipinski definition) is 5. The van der Waals surface area contributed by atoms with Gasteiger partial charge in [0.15, 0.2) is 0 Å². The molecule has 1 aromatic carbocycles. The van der Waals surface area contributed by atoms with Crippen molar-refractivity contribution >= 4 is 35.5 Å². The Balaban J connectivity index is 2.26. The monoisotopic (exact) mass is 464 g/mol. The van der Waals surface area contributed by atoms with Gasteiger partial charge in [-0.3, -0.25) is 15.0 Å². The molecule has 0 saturated heterocycles. The number of hydrogen-bond donors (Lipinski definition) is 5. The molecule has 2 atom stereocenters. The van der Waals surface area contributed by atoms with Gasteiger partial charge in [0, 0.05) is 17.1 Å². The van der Waals surface area contributed by atoms with E-state index in [0.717, 1.165) is 6.08 Å². The quantitative estimate of drug-likeness (QED) is 0.179. The van der Waals surface area contributed by atoms with Gasteiger partial charge in [0.2, 0.25) is 12.1 Å². The second-order valence-electron chi connectivity index (χ2n) is 6.67. The Morgan fingerprint density at radius 2 is 2.06 bits per heavy atom. The summed E-state index contributed by atoms with van der Waals surface area (Å²) >= 11 is 5.94. The molecule has 0 radical (unpaired) electrons. The fraction of sp³-hybridized carbons (Fsp3) is 0.389. The van der Waals surface area contributed by atoms with E-state index in [2.05, 4.69) is 10.3 Å². The number of carbonyl (C=O) groups excluding carboxylic acids is 1. The van der Waals surface area contributed by atoms with Gasteiger partial charge in [-0.15, -0.1) is 0 Å². The summed E-state index contributed by atoms with van der Waals surface area (Å²) in [6.07, 6.45) is -6.53. The zero-order valence-corrected chi connectivity index (χ0v) is 16.9. The van der Waals surface area contributed by atoms with Crippen LogP contribution in [-0.4, -0.2) is 53.0 Å². The number of benzene rings is 1. The van der Waals surface area contributed by atoms with Crippen molar-refractivity contribution in [3.05, 3.63) is 33.9 Å². The summed E-state index contributed by atoms with van der Waals surface area (Å²) in [6, 6.07) is 1.29. The number of carbonyl (C=O) groups is 2. The van der Waals surface area contributed by atoms with Gasteiger partial charge in [0.25, 0.3) is 5.91 Å². The molecule has 0 aliphatic carbocycles. The number of hydroxylamine groups is 1. The van der Waals surface area contributed by atoms with Crippen LogP contribution in [0.25, 0.3) is 6.08 Å². The Morgan fingerprint density at radius 1 is 1.39 bits per heavy atom. The average molecular weight is 465 g/mol. The lowest BCUT2D eigenvalue weighted by atomic mass is 9.98. The van der Waals surface area contributed by atoms with Crippen LogP contribution in [0.3, 0.4) is 0 Å². The maximum absolute atomic E-state index is 13.6. The number of aliphatic carboxylic acids is 1. The van der Waals surface area contributed by atoms with Gasteiger partial charge in [0.05, 0.1) is 5.57 Å². The molecule has 0 fully saturated rings. The van der Waals surface area contributed by atoms with E-state index in [4.69, 9.17) is 27.3 Å². The van der Waals surface area contributed by atoms with Crippen molar-refractivity contribution in [2.75, 3.05) is 6.54 Å². The third-order valence-corrected chi connectivity index (χ3v) is 4.53. The molecule has 6 N–H and O–H groups in total. The summed E-state index contributed by atoms with van der Waals surface area (Å²) < 4.78 is 45.8. The van der Waals surface area contributed by atoms with Gasteiger partial charge in [0.1, 0.15) is 11.8 Å². The van der Waals surface area contributed by atoms with Crippen LogP contribution in [0.1, 0.15) is 24.0 Å². The number of halogens is 4. The number of nitrogens with two attached hydrogens (primary N) is 1. The molecule has 9 nitrogen and oxygen atoms in total. The highest BCUT2D eigenvalue weighted by atomic mass is 35.5. The number of carboxylic acids is 1. The first kappa shape index (κ1) is 24.3. The second kappa shape index (κ2) is 9.88. The number of fused-ring (bicyclic) bond motifs is 1. The van der Waals surface area contributed by atoms with Gasteiger partial charge in [-0.25, -0.2) is 10.3 Å². The number of rotatable bonds is 7. The smallest absolute Gasteiger partial charge is 0.429 e. The van der Waals surface area contributed by atoms with E-state index in [0.29, 0.717) is 5.56 Å². The van der Waals surface area contributed by atoms with Crippen molar-refractivity contribution < 1.29 is 37.8 Å². The van der Waals surface area contributed by atoms with Gasteiger partial charge in [-0.1, -0.05) is 11.6 Å². The minimum atomic E-state index is -4.92. The normalized spacial score (nSPS) is 17.2. The zero-order chi connectivity index (χ0) is 23.3. The Kier molecular flexibility index (Phi) is 7.74. The van der Waals surface area contributed by atoms with E-state index in [9.17, 15) is 27.9 Å². The average Bonchev–Trinajstić information content (AvgIpc) is 2.67. The third kappa shape index (κ3) is 6.25. The lowest BCUT2D eigenvalue weighted by molar-refractivity contribution is -0.185. The Labute approximate surface area is 179 Å². The molecule has 0 saturated carbocycles. The number of carboxylic acid groups (broad SMARTS) is 1. The summed E-state index contributed by atoms with van der Waals surface area (Å²) in [5, 5.41) is 20.2. The molecule has 0 aromatic heterocycles. The molecule has 1 aliphatic rings. The van der Waals surface area contributed by atoms with Crippen molar-refractivity contribution in [2.24, 2.45) is 10.7 Å². The standard InChI is InChI=1S/C18H20ClF3N4O5/c1-8-5-10(19)6-9-7-11(14(18(20,21)22)31-13(8)9)15(27)25-12(16(28)29)3-2-4-24-17(23)26-30/h5-7,12,14,30H,2-4H2,1H3,(H,25,27)(H,28,29)(H3,23,24,26)/t12-,14-/m0/s1. The van der Waals surface area contributed by atoms with Crippen molar-refractivity contribution in [2.45, 2.75) is 38.1 Å². The molecule has 0 unspecified atom stereocenters. The molecule has 31 heavy (non-hydrogen) atoms. The van der Waals surface area contributed by atoms with Crippen LogP contribution < -0.4 is 21.3 Å². The molecule has 0 spiro atoms. The number of nitrogens with zero attached hydrogens (tertiary/aromatic N) is 1. The first-order valence-electron chi connectivity index (χ1n) is 8.92. The fourth-order valence-electron chi connectivity index (χ4n) is 2.91. The minimum Gasteiger partial charge on any atom is -0.480 e. The number of guanidine groups is 1. The van der Waals surface area contributed by atoms with Crippen LogP contribution in [-0.2, 0) is 9.59 Å². The van der Waals surface area contributed by atoms with Crippen molar-refractivity contribution in [3.8, 4) is 5.75 Å². The lowest BCUT2D eigenvalue weighted by Gasteiger charge is -2.30. The molecule has 1 aliphatic heterocycles. The minimum absolute atomic E-state index is 0.0151. The van der Waals surface area contributed by atoms with E-state index < -0.39 is 35.8 Å². The lowest BCUT2D eigenvalue weighted by Crippen LogP contribution is -2.47. The molecule has 170 valence electrons. The van der Waals surface area contributed by atoms with Gasteiger partial charge in [-0.05, 0) is 43.5 Å². The Morgan fingerprint density at radius 3 is 2.65 bits per heavy atom. The predicted octanol–water partition coefficient (Wildman–Crippen LogP) is 2.00. The highest BCUT2D eigenvalue weighted by molar-refractivity contribution is 6.30. The molecule has 1 amide bonds. The van der Waals surface area contributed by atoms with Gasteiger partial charge in [-0.2, -0.15) is 13.2 Å². The van der Waals surface area contributed by atoms with Crippen LogP contribution in [0.4, 0.5) is 13.2 Å². The zero-order valence-electron chi connectivity index (χ0n) is 16.2. The first-order chi connectivity index (χ1) is 14.4. The topological polar surface area (TPSA) is 146 Å². The van der Waals surface area contributed by atoms with E-state index in [-0.39, 0.29) is 41.7 Å².